The Hall–Kier alpha value is -1.82. The van der Waals surface area contributed by atoms with Gasteiger partial charge in [0.2, 0.25) is 0 Å². The van der Waals surface area contributed by atoms with E-state index in [0.717, 1.165) is 6.20 Å². The van der Waals surface area contributed by atoms with Gasteiger partial charge in [0.25, 0.3) is 0 Å². The quantitative estimate of drug-likeness (QED) is 0.470. The highest BCUT2D eigenvalue weighted by atomic mass is 16.5. The first kappa shape index (κ1) is 15.6. The minimum absolute atomic E-state index is 0.0473. The van der Waals surface area contributed by atoms with Gasteiger partial charge >= 0.3 is 12.1 Å². The number of aliphatic hydroxyl groups is 1. The first-order valence-corrected chi connectivity index (χ1v) is 3.99. The van der Waals surface area contributed by atoms with Crippen LogP contribution in [0.1, 0.15) is 6.92 Å². The van der Waals surface area contributed by atoms with E-state index in [1.165, 1.54) is 0 Å². The molecule has 0 aromatic rings. The normalized spacial score (nSPS) is 7.87. The molecule has 0 aliphatic carbocycles. The number of carbonyl (C=O) groups excluding carboxylic acids is 1. The molecule has 0 aliphatic heterocycles. The van der Waals surface area contributed by atoms with E-state index in [-0.39, 0.29) is 13.2 Å². The van der Waals surface area contributed by atoms with Gasteiger partial charge in [0.05, 0.1) is 6.61 Å². The second kappa shape index (κ2) is 10.3. The summed E-state index contributed by atoms with van der Waals surface area (Å²) in [6, 6.07) is 0. The monoisotopic (exact) mass is 217 g/mol. The molecule has 1 amide bonds. The standard InChI is InChI=1S/C6H10O3.C3H5NO2/c1-5(2)6(8)9-4-3-7;1-2-4-3(5)6/h7H,1,3-4H2,2H3;2,4H,1H2,(H,5,6). The van der Waals surface area contributed by atoms with Crippen LogP contribution in [0.5, 0.6) is 0 Å². The maximum atomic E-state index is 10.5. The Balaban J connectivity index is 0. The Bertz CT molecular complexity index is 237. The molecular formula is C9H15NO5. The van der Waals surface area contributed by atoms with Gasteiger partial charge < -0.3 is 14.9 Å². The Morgan fingerprint density at radius 3 is 2.27 bits per heavy atom. The third kappa shape index (κ3) is 15.0. The predicted molar refractivity (Wildman–Crippen MR) is 54.2 cm³/mol. The van der Waals surface area contributed by atoms with Crippen molar-refractivity contribution in [1.82, 2.24) is 5.32 Å². The van der Waals surface area contributed by atoms with Crippen molar-refractivity contribution in [3.63, 3.8) is 0 Å². The zero-order valence-electron chi connectivity index (χ0n) is 8.52. The lowest BCUT2D eigenvalue weighted by Gasteiger charge is -1.99. The van der Waals surface area contributed by atoms with Gasteiger partial charge in [0.15, 0.2) is 0 Å². The Labute approximate surface area is 87.9 Å². The van der Waals surface area contributed by atoms with Crippen molar-refractivity contribution in [3.05, 3.63) is 24.9 Å². The molecule has 0 radical (unpaired) electrons. The number of amides is 1. The minimum Gasteiger partial charge on any atom is -0.465 e. The maximum absolute atomic E-state index is 10.5. The summed E-state index contributed by atoms with van der Waals surface area (Å²) < 4.78 is 4.46. The lowest BCUT2D eigenvalue weighted by atomic mass is 10.4. The number of nitrogens with one attached hydrogen (secondary N) is 1. The molecular weight excluding hydrogens is 202 g/mol. The zero-order chi connectivity index (χ0) is 12.3. The van der Waals surface area contributed by atoms with Crippen LogP contribution in [0.2, 0.25) is 0 Å². The van der Waals surface area contributed by atoms with Crippen molar-refractivity contribution in [1.29, 1.82) is 0 Å². The molecule has 6 heteroatoms. The molecule has 6 nitrogen and oxygen atoms in total. The van der Waals surface area contributed by atoms with E-state index in [1.54, 1.807) is 6.92 Å². The maximum Gasteiger partial charge on any atom is 0.408 e. The van der Waals surface area contributed by atoms with E-state index in [0.29, 0.717) is 5.57 Å². The van der Waals surface area contributed by atoms with Crippen molar-refractivity contribution >= 4 is 12.1 Å². The van der Waals surface area contributed by atoms with E-state index < -0.39 is 12.1 Å². The number of carboxylic acid groups (broad SMARTS) is 1. The number of esters is 1. The largest absolute Gasteiger partial charge is 0.465 e. The van der Waals surface area contributed by atoms with Crippen LogP contribution < -0.4 is 5.32 Å². The van der Waals surface area contributed by atoms with Gasteiger partial charge in [0, 0.05) is 5.57 Å². The number of hydrogen-bond acceptors (Lipinski definition) is 4. The fourth-order valence-electron chi connectivity index (χ4n) is 0.349. The molecule has 0 heterocycles. The van der Waals surface area contributed by atoms with E-state index in [2.05, 4.69) is 17.9 Å². The molecule has 0 saturated carbocycles. The Morgan fingerprint density at radius 1 is 1.53 bits per heavy atom. The Kier molecular flexibility index (Phi) is 10.7. The molecule has 0 aromatic carbocycles. The summed E-state index contributed by atoms with van der Waals surface area (Å²) in [6.07, 6.45) is 0.0208. The van der Waals surface area contributed by atoms with Gasteiger partial charge in [-0.3, -0.25) is 5.32 Å². The molecule has 3 N–H and O–H groups in total. The summed E-state index contributed by atoms with van der Waals surface area (Å²) in [5, 5.41) is 17.8. The van der Waals surface area contributed by atoms with Crippen molar-refractivity contribution < 1.29 is 24.5 Å². The second-order valence-electron chi connectivity index (χ2n) is 2.29. The molecule has 0 saturated heterocycles. The number of hydrogen-bond donors (Lipinski definition) is 3. The van der Waals surface area contributed by atoms with E-state index >= 15 is 0 Å². The van der Waals surface area contributed by atoms with Gasteiger partial charge in [-0.15, -0.1) is 0 Å². The highest BCUT2D eigenvalue weighted by Gasteiger charge is 1.99. The topological polar surface area (TPSA) is 95.9 Å². The van der Waals surface area contributed by atoms with Gasteiger partial charge in [-0.2, -0.15) is 0 Å². The van der Waals surface area contributed by atoms with E-state index in [1.807, 2.05) is 5.32 Å². The van der Waals surface area contributed by atoms with Crippen LogP contribution in [0, 0.1) is 0 Å². The average molecular weight is 217 g/mol. The van der Waals surface area contributed by atoms with Crippen molar-refractivity contribution in [2.75, 3.05) is 13.2 Å². The van der Waals surface area contributed by atoms with Crippen molar-refractivity contribution in [3.8, 4) is 0 Å². The molecule has 0 atom stereocenters. The van der Waals surface area contributed by atoms with Crippen LogP contribution in [0.3, 0.4) is 0 Å². The van der Waals surface area contributed by atoms with Gasteiger partial charge in [0.1, 0.15) is 6.61 Å². The molecule has 0 aromatic heterocycles. The van der Waals surface area contributed by atoms with Crippen LogP contribution in [-0.2, 0) is 9.53 Å². The number of ether oxygens (including phenoxy) is 1. The van der Waals surface area contributed by atoms with Gasteiger partial charge in [-0.1, -0.05) is 13.2 Å². The van der Waals surface area contributed by atoms with Gasteiger partial charge in [-0.05, 0) is 13.1 Å². The third-order valence-electron chi connectivity index (χ3n) is 0.898. The molecule has 0 unspecified atom stereocenters. The Morgan fingerprint density at radius 2 is 2.07 bits per heavy atom. The van der Waals surface area contributed by atoms with Crippen LogP contribution in [0.25, 0.3) is 0 Å². The molecule has 0 bridgehead atoms. The summed E-state index contributed by atoms with van der Waals surface area (Å²) in [5.41, 5.74) is 0.350. The van der Waals surface area contributed by atoms with Crippen molar-refractivity contribution in [2.45, 2.75) is 6.92 Å². The van der Waals surface area contributed by atoms with Crippen LogP contribution in [0.4, 0.5) is 4.79 Å². The first-order valence-electron chi connectivity index (χ1n) is 3.99. The highest BCUT2D eigenvalue weighted by molar-refractivity contribution is 5.86. The fourth-order valence-corrected chi connectivity index (χ4v) is 0.349. The number of rotatable bonds is 4. The highest BCUT2D eigenvalue weighted by Crippen LogP contribution is 1.89. The van der Waals surface area contributed by atoms with Gasteiger partial charge in [-0.25, -0.2) is 9.59 Å². The molecule has 0 rings (SSSR count). The zero-order valence-corrected chi connectivity index (χ0v) is 8.52. The summed E-state index contributed by atoms with van der Waals surface area (Å²) in [7, 11) is 0. The molecule has 0 spiro atoms. The second-order valence-corrected chi connectivity index (χ2v) is 2.29. The third-order valence-corrected chi connectivity index (χ3v) is 0.898. The number of carbonyl (C=O) groups is 2. The predicted octanol–water partition coefficient (Wildman–Crippen LogP) is 0.496. The van der Waals surface area contributed by atoms with Crippen LogP contribution >= 0.6 is 0 Å². The molecule has 15 heavy (non-hydrogen) atoms. The SMILES string of the molecule is C=C(C)C(=O)OCCO.C=CNC(=O)O. The summed E-state index contributed by atoms with van der Waals surface area (Å²) >= 11 is 0. The lowest BCUT2D eigenvalue weighted by molar-refractivity contribution is -0.139. The van der Waals surface area contributed by atoms with Crippen LogP contribution in [0.15, 0.2) is 24.9 Å². The van der Waals surface area contributed by atoms with E-state index in [9.17, 15) is 9.59 Å². The minimum atomic E-state index is -1.08. The summed E-state index contributed by atoms with van der Waals surface area (Å²) in [6.45, 7) is 7.92. The number of aliphatic hydroxyl groups excluding tert-OH is 1. The molecule has 86 valence electrons. The average Bonchev–Trinajstić information content (AvgIpc) is 2.14. The summed E-state index contributed by atoms with van der Waals surface area (Å²) in [5.74, 6) is -0.455. The summed E-state index contributed by atoms with van der Waals surface area (Å²) in [4.78, 5) is 19.9. The molecule has 0 fully saturated rings. The van der Waals surface area contributed by atoms with E-state index in [4.69, 9.17) is 10.2 Å². The first-order chi connectivity index (χ1) is 6.95. The van der Waals surface area contributed by atoms with Crippen molar-refractivity contribution in [2.24, 2.45) is 0 Å². The lowest BCUT2D eigenvalue weighted by Crippen LogP contribution is -2.11. The smallest absolute Gasteiger partial charge is 0.408 e. The fraction of sp³-hybridized carbons (Fsp3) is 0.333. The van der Waals surface area contributed by atoms with Crippen LogP contribution in [-0.4, -0.2) is 35.5 Å². The molecule has 0 aliphatic rings.